The number of fused-ring (bicyclic) bond motifs is 2. The van der Waals surface area contributed by atoms with Crippen LogP contribution in [-0.2, 0) is 0 Å². The van der Waals surface area contributed by atoms with Crippen molar-refractivity contribution in [1.29, 1.82) is 0 Å². The zero-order chi connectivity index (χ0) is 8.77. The summed E-state index contributed by atoms with van der Waals surface area (Å²) in [5.74, 6) is 0.522. The second kappa shape index (κ2) is 2.51. The van der Waals surface area contributed by atoms with Gasteiger partial charge in [-0.25, -0.2) is 0 Å². The molecule has 0 atom stereocenters. The highest BCUT2D eigenvalue weighted by Gasteiger charge is 2.39. The second-order valence-electron chi connectivity index (χ2n) is 3.73. The van der Waals surface area contributed by atoms with E-state index in [1.165, 1.54) is 0 Å². The van der Waals surface area contributed by atoms with E-state index < -0.39 is 6.18 Å². The first-order valence-electron chi connectivity index (χ1n) is 4.35. The summed E-state index contributed by atoms with van der Waals surface area (Å²) in [4.78, 5) is 0. The van der Waals surface area contributed by atoms with E-state index >= 15 is 0 Å². The first-order chi connectivity index (χ1) is 5.56. The molecule has 0 saturated heterocycles. The first-order valence-corrected chi connectivity index (χ1v) is 4.35. The molecule has 0 aliphatic heterocycles. The lowest BCUT2D eigenvalue weighted by Crippen LogP contribution is -2.05. The molecule has 0 spiro atoms. The average Bonchev–Trinajstić information content (AvgIpc) is 2.46. The Morgan fingerprint density at radius 1 is 1.00 bits per heavy atom. The van der Waals surface area contributed by atoms with Crippen molar-refractivity contribution >= 4 is 0 Å². The SMILES string of the molecule is FC(F)(F)C=C1C2CCC1CC2. The average molecular weight is 176 g/mol. The maximum absolute atomic E-state index is 12.0. The Balaban J connectivity index is 2.19. The number of hydrogen-bond acceptors (Lipinski definition) is 0. The Bertz CT molecular complexity index is 192. The fraction of sp³-hybridized carbons (Fsp3) is 0.778. The molecule has 2 bridgehead atoms. The minimum Gasteiger partial charge on any atom is -0.167 e. The van der Waals surface area contributed by atoms with Crippen molar-refractivity contribution in [3.05, 3.63) is 11.6 Å². The molecule has 3 heteroatoms. The predicted octanol–water partition coefficient (Wildman–Crippen LogP) is 3.30. The third kappa shape index (κ3) is 1.37. The van der Waals surface area contributed by atoms with Gasteiger partial charge in [0.15, 0.2) is 0 Å². The molecule has 0 radical (unpaired) electrons. The van der Waals surface area contributed by atoms with E-state index in [1.807, 2.05) is 0 Å². The Kier molecular flexibility index (Phi) is 1.70. The van der Waals surface area contributed by atoms with E-state index in [9.17, 15) is 13.2 Å². The zero-order valence-electron chi connectivity index (χ0n) is 6.69. The zero-order valence-corrected chi connectivity index (χ0v) is 6.69. The van der Waals surface area contributed by atoms with Crippen molar-refractivity contribution in [3.63, 3.8) is 0 Å². The summed E-state index contributed by atoms with van der Waals surface area (Å²) in [6, 6.07) is 0. The summed E-state index contributed by atoms with van der Waals surface area (Å²) in [5.41, 5.74) is 0.683. The summed E-state index contributed by atoms with van der Waals surface area (Å²) in [5, 5.41) is 0. The van der Waals surface area contributed by atoms with E-state index in [2.05, 4.69) is 0 Å². The summed E-state index contributed by atoms with van der Waals surface area (Å²) in [6.45, 7) is 0. The van der Waals surface area contributed by atoms with Crippen LogP contribution in [-0.4, -0.2) is 6.18 Å². The van der Waals surface area contributed by atoms with Gasteiger partial charge < -0.3 is 0 Å². The smallest absolute Gasteiger partial charge is 0.167 e. The molecule has 0 N–H and O–H groups in total. The van der Waals surface area contributed by atoms with E-state index in [0.717, 1.165) is 25.7 Å². The number of allylic oxidation sites excluding steroid dienone is 2. The van der Waals surface area contributed by atoms with Gasteiger partial charge in [0, 0.05) is 6.08 Å². The maximum Gasteiger partial charge on any atom is 0.409 e. The number of alkyl halides is 3. The fourth-order valence-corrected chi connectivity index (χ4v) is 2.52. The topological polar surface area (TPSA) is 0 Å². The van der Waals surface area contributed by atoms with Crippen LogP contribution in [0, 0.1) is 11.8 Å². The molecule has 0 nitrogen and oxygen atoms in total. The van der Waals surface area contributed by atoms with E-state index in [0.29, 0.717) is 11.6 Å². The van der Waals surface area contributed by atoms with Crippen LogP contribution in [0.25, 0.3) is 0 Å². The van der Waals surface area contributed by atoms with Crippen LogP contribution in [0.5, 0.6) is 0 Å². The molecule has 2 rings (SSSR count). The first kappa shape index (κ1) is 8.14. The van der Waals surface area contributed by atoms with Gasteiger partial charge in [0.25, 0.3) is 0 Å². The van der Waals surface area contributed by atoms with Gasteiger partial charge in [-0.1, -0.05) is 5.57 Å². The molecule has 2 aliphatic rings. The van der Waals surface area contributed by atoms with Gasteiger partial charge in [0.2, 0.25) is 0 Å². The molecular weight excluding hydrogens is 165 g/mol. The van der Waals surface area contributed by atoms with Crippen molar-refractivity contribution in [3.8, 4) is 0 Å². The van der Waals surface area contributed by atoms with Crippen molar-refractivity contribution in [2.45, 2.75) is 31.9 Å². The third-order valence-corrected chi connectivity index (χ3v) is 3.00. The van der Waals surface area contributed by atoms with Crippen LogP contribution in [0.3, 0.4) is 0 Å². The fourth-order valence-electron chi connectivity index (χ4n) is 2.52. The standard InChI is InChI=1S/C9H11F3/c10-9(11,12)5-8-6-1-2-7(8)4-3-6/h5-7H,1-4H2. The molecule has 0 heterocycles. The van der Waals surface area contributed by atoms with Crippen LogP contribution in [0.4, 0.5) is 13.2 Å². The van der Waals surface area contributed by atoms with Crippen LogP contribution in [0.1, 0.15) is 25.7 Å². The second-order valence-corrected chi connectivity index (χ2v) is 3.73. The highest BCUT2D eigenvalue weighted by Crippen LogP contribution is 2.49. The Morgan fingerprint density at radius 3 is 1.75 bits per heavy atom. The molecule has 0 amide bonds. The van der Waals surface area contributed by atoms with Crippen molar-refractivity contribution < 1.29 is 13.2 Å². The molecule has 2 fully saturated rings. The molecule has 0 unspecified atom stereocenters. The third-order valence-electron chi connectivity index (χ3n) is 3.00. The van der Waals surface area contributed by atoms with Gasteiger partial charge >= 0.3 is 6.18 Å². The Labute approximate surface area is 69.5 Å². The van der Waals surface area contributed by atoms with Gasteiger partial charge in [-0.2, -0.15) is 13.2 Å². The summed E-state index contributed by atoms with van der Waals surface area (Å²) in [7, 11) is 0. The lowest BCUT2D eigenvalue weighted by atomic mass is 10.0. The predicted molar refractivity (Wildman–Crippen MR) is 39.6 cm³/mol. The van der Waals surface area contributed by atoms with Crippen molar-refractivity contribution in [1.82, 2.24) is 0 Å². The van der Waals surface area contributed by atoms with Gasteiger partial charge in [-0.15, -0.1) is 0 Å². The minimum absolute atomic E-state index is 0.261. The lowest BCUT2D eigenvalue weighted by molar-refractivity contribution is -0.0809. The number of hydrogen-bond donors (Lipinski definition) is 0. The van der Waals surface area contributed by atoms with Gasteiger partial charge in [0.05, 0.1) is 0 Å². The molecule has 68 valence electrons. The highest BCUT2D eigenvalue weighted by molar-refractivity contribution is 5.21. The van der Waals surface area contributed by atoms with E-state index in [4.69, 9.17) is 0 Å². The molecular formula is C9H11F3. The molecule has 0 aromatic heterocycles. The summed E-state index contributed by atoms with van der Waals surface area (Å²) < 4.78 is 36.0. The Morgan fingerprint density at radius 2 is 1.42 bits per heavy atom. The largest absolute Gasteiger partial charge is 0.409 e. The quantitative estimate of drug-likeness (QED) is 0.497. The van der Waals surface area contributed by atoms with Gasteiger partial charge in [-0.3, -0.25) is 0 Å². The summed E-state index contributed by atoms with van der Waals surface area (Å²) in [6.07, 6.45) is 0.362. The van der Waals surface area contributed by atoms with Crippen LogP contribution in [0.2, 0.25) is 0 Å². The highest BCUT2D eigenvalue weighted by atomic mass is 19.4. The van der Waals surface area contributed by atoms with Crippen molar-refractivity contribution in [2.24, 2.45) is 11.8 Å². The van der Waals surface area contributed by atoms with Crippen molar-refractivity contribution in [2.75, 3.05) is 0 Å². The van der Waals surface area contributed by atoms with Crippen LogP contribution in [0.15, 0.2) is 11.6 Å². The minimum atomic E-state index is -4.10. The molecule has 0 aromatic rings. The van der Waals surface area contributed by atoms with Gasteiger partial charge in [0.1, 0.15) is 0 Å². The van der Waals surface area contributed by atoms with Crippen LogP contribution >= 0.6 is 0 Å². The summed E-state index contributed by atoms with van der Waals surface area (Å²) >= 11 is 0. The molecule has 2 aliphatic carbocycles. The monoisotopic (exact) mass is 176 g/mol. The number of rotatable bonds is 0. The Hall–Kier alpha value is -0.470. The number of halogens is 3. The van der Waals surface area contributed by atoms with Gasteiger partial charge in [-0.05, 0) is 37.5 Å². The van der Waals surface area contributed by atoms with Crippen LogP contribution < -0.4 is 0 Å². The van der Waals surface area contributed by atoms with E-state index in [-0.39, 0.29) is 11.8 Å². The van der Waals surface area contributed by atoms with E-state index in [1.54, 1.807) is 0 Å². The molecule has 2 saturated carbocycles. The lowest BCUT2D eigenvalue weighted by Gasteiger charge is -2.05. The normalized spacial score (nSPS) is 34.4. The molecule has 0 aromatic carbocycles. The molecule has 12 heavy (non-hydrogen) atoms. The maximum atomic E-state index is 12.0.